The molecule has 0 bridgehead atoms. The van der Waals surface area contributed by atoms with Gasteiger partial charge in [0.05, 0.1) is 38.5 Å². The molecule has 0 saturated carbocycles. The number of pyridine rings is 1. The van der Waals surface area contributed by atoms with Crippen molar-refractivity contribution in [2.24, 2.45) is 0 Å². The number of Topliss-reactive ketones (excluding diaryl/α,β-unsaturated/α-hetero) is 1. The van der Waals surface area contributed by atoms with Crippen LogP contribution in [0.4, 0.5) is 5.69 Å². The van der Waals surface area contributed by atoms with E-state index in [1.54, 1.807) is 74.1 Å². The minimum atomic E-state index is -0.890. The first-order chi connectivity index (χ1) is 16.0. The predicted octanol–water partition coefficient (Wildman–Crippen LogP) is 3.73. The number of methoxy groups -OCH3 is 3. The molecule has 3 aromatic rings. The number of carbonyl (C=O) groups excluding carboxylic acids is 2. The first-order valence-corrected chi connectivity index (χ1v) is 10.1. The lowest BCUT2D eigenvalue weighted by atomic mass is 9.95. The van der Waals surface area contributed by atoms with Crippen LogP contribution in [0.15, 0.2) is 72.6 Å². The lowest BCUT2D eigenvalue weighted by Gasteiger charge is -2.25. The van der Waals surface area contributed by atoms with Crippen molar-refractivity contribution in [3.05, 3.63) is 83.7 Å². The van der Waals surface area contributed by atoms with Crippen molar-refractivity contribution in [3.8, 4) is 17.2 Å². The molecule has 33 heavy (non-hydrogen) atoms. The molecule has 0 radical (unpaired) electrons. The highest BCUT2D eigenvalue weighted by Gasteiger charge is 2.47. The summed E-state index contributed by atoms with van der Waals surface area (Å²) in [6, 6.07) is 14.1. The van der Waals surface area contributed by atoms with Gasteiger partial charge in [0.1, 0.15) is 23.0 Å². The van der Waals surface area contributed by atoms with Gasteiger partial charge < -0.3 is 19.3 Å². The fourth-order valence-corrected chi connectivity index (χ4v) is 3.83. The Morgan fingerprint density at radius 1 is 0.939 bits per heavy atom. The first-order valence-electron chi connectivity index (χ1n) is 10.1. The van der Waals surface area contributed by atoms with E-state index in [4.69, 9.17) is 14.2 Å². The van der Waals surface area contributed by atoms with E-state index in [0.29, 0.717) is 28.5 Å². The van der Waals surface area contributed by atoms with Crippen LogP contribution in [0.1, 0.15) is 17.2 Å². The Morgan fingerprint density at radius 3 is 2.24 bits per heavy atom. The van der Waals surface area contributed by atoms with E-state index < -0.39 is 17.7 Å². The fraction of sp³-hybridized carbons (Fsp3) is 0.160. The highest BCUT2D eigenvalue weighted by molar-refractivity contribution is 6.51. The van der Waals surface area contributed by atoms with Gasteiger partial charge in [-0.1, -0.05) is 6.07 Å². The molecule has 1 aromatic heterocycles. The predicted molar refractivity (Wildman–Crippen MR) is 122 cm³/mol. The number of carbonyl (C=O) groups is 2. The summed E-state index contributed by atoms with van der Waals surface area (Å²) in [7, 11) is 4.50. The quantitative estimate of drug-likeness (QED) is 0.350. The summed E-state index contributed by atoms with van der Waals surface area (Å²) in [5, 5.41) is 11.3. The number of hydrogen-bond acceptors (Lipinski definition) is 7. The van der Waals surface area contributed by atoms with Gasteiger partial charge in [-0.2, -0.15) is 0 Å². The van der Waals surface area contributed by atoms with Gasteiger partial charge >= 0.3 is 0 Å². The van der Waals surface area contributed by atoms with Gasteiger partial charge in [0, 0.05) is 24.1 Å². The van der Waals surface area contributed by atoms with Crippen molar-refractivity contribution in [1.29, 1.82) is 0 Å². The third-order valence-corrected chi connectivity index (χ3v) is 5.46. The number of benzene rings is 2. The van der Waals surface area contributed by atoms with Gasteiger partial charge in [0.2, 0.25) is 0 Å². The number of ether oxygens (including phenoxy) is 3. The molecule has 1 fully saturated rings. The number of amides is 1. The maximum atomic E-state index is 13.2. The summed E-state index contributed by atoms with van der Waals surface area (Å²) in [5.41, 5.74) is 1.25. The average Bonchev–Trinajstić information content (AvgIpc) is 3.14. The van der Waals surface area contributed by atoms with Crippen LogP contribution in [0.25, 0.3) is 5.76 Å². The normalized spacial score (nSPS) is 17.2. The van der Waals surface area contributed by atoms with Crippen LogP contribution in [0, 0.1) is 0 Å². The number of hydrogen-bond donors (Lipinski definition) is 1. The van der Waals surface area contributed by atoms with E-state index in [0.717, 1.165) is 0 Å². The molecule has 1 aliphatic rings. The molecule has 1 atom stereocenters. The summed E-state index contributed by atoms with van der Waals surface area (Å²) in [6.07, 6.45) is 3.15. The Balaban J connectivity index is 1.93. The van der Waals surface area contributed by atoms with Crippen LogP contribution in [-0.4, -0.2) is 43.1 Å². The zero-order chi connectivity index (χ0) is 23.5. The molecule has 1 unspecified atom stereocenters. The van der Waals surface area contributed by atoms with E-state index >= 15 is 0 Å². The van der Waals surface area contributed by atoms with E-state index in [1.807, 2.05) is 0 Å². The molecule has 0 aliphatic carbocycles. The number of ketones is 1. The van der Waals surface area contributed by atoms with Crippen molar-refractivity contribution in [2.75, 3.05) is 26.2 Å². The topological polar surface area (TPSA) is 98.2 Å². The summed E-state index contributed by atoms with van der Waals surface area (Å²) < 4.78 is 15.8. The van der Waals surface area contributed by atoms with Crippen LogP contribution in [0.3, 0.4) is 0 Å². The number of anilines is 1. The Hall–Kier alpha value is -4.33. The molecule has 1 N–H and O–H groups in total. The van der Waals surface area contributed by atoms with Crippen molar-refractivity contribution < 1.29 is 28.9 Å². The number of aliphatic hydroxyl groups is 1. The minimum absolute atomic E-state index is 0.0627. The van der Waals surface area contributed by atoms with Crippen LogP contribution < -0.4 is 19.1 Å². The van der Waals surface area contributed by atoms with Crippen molar-refractivity contribution in [3.63, 3.8) is 0 Å². The molecular formula is C25H22N2O6. The first kappa shape index (κ1) is 21.9. The van der Waals surface area contributed by atoms with Crippen LogP contribution >= 0.6 is 0 Å². The third-order valence-electron chi connectivity index (χ3n) is 5.46. The highest BCUT2D eigenvalue weighted by atomic mass is 16.5. The molecule has 8 nitrogen and oxygen atoms in total. The molecule has 4 rings (SSSR count). The Labute approximate surface area is 190 Å². The molecular weight excluding hydrogens is 424 g/mol. The summed E-state index contributed by atoms with van der Waals surface area (Å²) in [4.78, 5) is 31.9. The summed E-state index contributed by atoms with van der Waals surface area (Å²) >= 11 is 0. The minimum Gasteiger partial charge on any atom is -0.507 e. The van der Waals surface area contributed by atoms with Gasteiger partial charge in [-0.05, 0) is 48.0 Å². The van der Waals surface area contributed by atoms with Crippen LogP contribution in [0.2, 0.25) is 0 Å². The second-order valence-electron chi connectivity index (χ2n) is 7.22. The zero-order valence-corrected chi connectivity index (χ0v) is 18.3. The number of aromatic nitrogens is 1. The van der Waals surface area contributed by atoms with Gasteiger partial charge in [0.25, 0.3) is 11.7 Å². The molecule has 1 amide bonds. The van der Waals surface area contributed by atoms with Gasteiger partial charge in [-0.25, -0.2) is 0 Å². The Morgan fingerprint density at radius 2 is 1.64 bits per heavy atom. The maximum Gasteiger partial charge on any atom is 0.300 e. The molecule has 1 saturated heterocycles. The molecule has 0 spiro atoms. The van der Waals surface area contributed by atoms with Crippen LogP contribution in [0.5, 0.6) is 17.2 Å². The largest absolute Gasteiger partial charge is 0.507 e. The standard InChI is InChI=1S/C25H22N2O6/c1-31-17-8-6-16(7-9-17)27-22(15-5-4-12-26-14-15)21(24(29)25(27)30)23(28)19-11-10-18(32-2)13-20(19)33-3/h4-14,22,28H,1-3H3/b23-21-. The molecule has 168 valence electrons. The number of aliphatic hydroxyl groups excluding tert-OH is 1. The van der Waals surface area contributed by atoms with Crippen molar-refractivity contribution in [1.82, 2.24) is 4.98 Å². The highest BCUT2D eigenvalue weighted by Crippen LogP contribution is 2.43. The number of nitrogens with zero attached hydrogens (tertiary/aromatic N) is 2. The average molecular weight is 446 g/mol. The van der Waals surface area contributed by atoms with E-state index in [-0.39, 0.29) is 16.9 Å². The van der Waals surface area contributed by atoms with Gasteiger partial charge in [-0.15, -0.1) is 0 Å². The molecule has 1 aliphatic heterocycles. The van der Waals surface area contributed by atoms with Crippen LogP contribution in [-0.2, 0) is 9.59 Å². The van der Waals surface area contributed by atoms with Crippen molar-refractivity contribution in [2.45, 2.75) is 6.04 Å². The lowest BCUT2D eigenvalue weighted by molar-refractivity contribution is -0.132. The fourth-order valence-electron chi connectivity index (χ4n) is 3.83. The zero-order valence-electron chi connectivity index (χ0n) is 18.3. The molecule has 2 aromatic carbocycles. The monoisotopic (exact) mass is 446 g/mol. The summed E-state index contributed by atoms with van der Waals surface area (Å²) in [5.74, 6) is -0.495. The third kappa shape index (κ3) is 3.87. The Kier molecular flexibility index (Phi) is 5.99. The maximum absolute atomic E-state index is 13.2. The van der Waals surface area contributed by atoms with Crippen molar-refractivity contribution >= 4 is 23.1 Å². The molecule has 8 heteroatoms. The van der Waals surface area contributed by atoms with E-state index in [2.05, 4.69) is 4.98 Å². The second-order valence-corrected chi connectivity index (χ2v) is 7.22. The Bertz CT molecular complexity index is 1220. The van der Waals surface area contributed by atoms with E-state index in [9.17, 15) is 14.7 Å². The summed E-state index contributed by atoms with van der Waals surface area (Å²) in [6.45, 7) is 0. The SMILES string of the molecule is COc1ccc(N2C(=O)C(=O)/C(=C(\O)c3ccc(OC)cc3OC)C2c2cccnc2)cc1. The lowest BCUT2D eigenvalue weighted by Crippen LogP contribution is -2.29. The number of rotatable bonds is 6. The van der Waals surface area contributed by atoms with Gasteiger partial charge in [0.15, 0.2) is 0 Å². The van der Waals surface area contributed by atoms with E-state index in [1.165, 1.54) is 19.1 Å². The van der Waals surface area contributed by atoms with Gasteiger partial charge in [-0.3, -0.25) is 19.5 Å². The second kappa shape index (κ2) is 9.04. The smallest absolute Gasteiger partial charge is 0.300 e. The molecule has 2 heterocycles.